The molecule has 9 heteroatoms. The van der Waals surface area contributed by atoms with Gasteiger partial charge in [0.25, 0.3) is 5.56 Å². The first-order valence-corrected chi connectivity index (χ1v) is 9.68. The molecule has 3 heterocycles. The molecule has 1 amide bonds. The number of nitrogens with one attached hydrogen (secondary N) is 1. The molecular formula is C17H23N5O3S. The highest BCUT2D eigenvalue weighted by Crippen LogP contribution is 2.17. The van der Waals surface area contributed by atoms with Crippen molar-refractivity contribution in [3.63, 3.8) is 0 Å². The van der Waals surface area contributed by atoms with Crippen LogP contribution >= 0.6 is 11.3 Å². The fourth-order valence-electron chi connectivity index (χ4n) is 2.78. The summed E-state index contributed by atoms with van der Waals surface area (Å²) in [4.78, 5) is 37.6. The van der Waals surface area contributed by atoms with Crippen LogP contribution in [0.3, 0.4) is 0 Å². The van der Waals surface area contributed by atoms with Gasteiger partial charge in [-0.1, -0.05) is 20.8 Å². The average Bonchev–Trinajstić information content (AvgIpc) is 3.18. The summed E-state index contributed by atoms with van der Waals surface area (Å²) in [5, 5.41) is 8.83. The van der Waals surface area contributed by atoms with Crippen molar-refractivity contribution in [1.29, 1.82) is 0 Å². The molecule has 140 valence electrons. The molecule has 0 unspecified atom stereocenters. The highest BCUT2D eigenvalue weighted by Gasteiger charge is 2.19. The molecule has 3 aromatic heterocycles. The van der Waals surface area contributed by atoms with Crippen molar-refractivity contribution in [1.82, 2.24) is 24.1 Å². The van der Waals surface area contributed by atoms with Gasteiger partial charge in [-0.05, 0) is 30.2 Å². The Morgan fingerprint density at radius 1 is 1.35 bits per heavy atom. The largest absolute Gasteiger partial charge is 0.355 e. The van der Waals surface area contributed by atoms with Gasteiger partial charge in [0.1, 0.15) is 11.2 Å². The Bertz CT molecular complexity index is 1060. The van der Waals surface area contributed by atoms with Crippen molar-refractivity contribution in [2.24, 2.45) is 5.92 Å². The van der Waals surface area contributed by atoms with E-state index in [-0.39, 0.29) is 23.8 Å². The number of carbonyl (C=O) groups excluding carboxylic acids is 1. The second-order valence-electron chi connectivity index (χ2n) is 6.70. The first-order chi connectivity index (χ1) is 12.4. The van der Waals surface area contributed by atoms with Crippen molar-refractivity contribution in [3.05, 3.63) is 32.3 Å². The third-order valence-corrected chi connectivity index (χ3v) is 5.08. The third-order valence-electron chi connectivity index (χ3n) is 4.18. The second-order valence-corrected chi connectivity index (χ2v) is 7.62. The standard InChI is InChI=1S/C17H23N5O3S/c1-4-7-18-13(23)10-21-17(25)22-12-6-9-26-14(12)15(24)20(16(22)19-21)8-5-11(2)3/h6,9,11H,4-5,7-8,10H2,1-3H3,(H,18,23). The van der Waals surface area contributed by atoms with Gasteiger partial charge in [-0.2, -0.15) is 0 Å². The van der Waals surface area contributed by atoms with E-state index < -0.39 is 5.69 Å². The first kappa shape index (κ1) is 18.4. The number of amides is 1. The van der Waals surface area contributed by atoms with E-state index in [1.807, 2.05) is 6.92 Å². The van der Waals surface area contributed by atoms with Crippen LogP contribution < -0.4 is 16.6 Å². The number of nitrogens with zero attached hydrogens (tertiary/aromatic N) is 4. The number of rotatable bonds is 7. The van der Waals surface area contributed by atoms with Crippen molar-refractivity contribution in [2.75, 3.05) is 6.54 Å². The van der Waals surface area contributed by atoms with Crippen LogP contribution in [0.2, 0.25) is 0 Å². The van der Waals surface area contributed by atoms with Crippen LogP contribution in [0.1, 0.15) is 33.6 Å². The molecule has 0 saturated carbocycles. The first-order valence-electron chi connectivity index (χ1n) is 8.80. The Morgan fingerprint density at radius 2 is 2.12 bits per heavy atom. The van der Waals surface area contributed by atoms with Gasteiger partial charge < -0.3 is 5.32 Å². The van der Waals surface area contributed by atoms with E-state index in [2.05, 4.69) is 24.3 Å². The van der Waals surface area contributed by atoms with Crippen LogP contribution in [0.4, 0.5) is 0 Å². The number of hydrogen-bond donors (Lipinski definition) is 1. The molecule has 3 rings (SSSR count). The summed E-state index contributed by atoms with van der Waals surface area (Å²) in [6.07, 6.45) is 1.61. The Kier molecular flexibility index (Phi) is 5.26. The summed E-state index contributed by atoms with van der Waals surface area (Å²) in [6, 6.07) is 1.74. The minimum Gasteiger partial charge on any atom is -0.355 e. The van der Waals surface area contributed by atoms with Gasteiger partial charge in [0.05, 0.1) is 5.52 Å². The molecule has 0 bridgehead atoms. The van der Waals surface area contributed by atoms with E-state index >= 15 is 0 Å². The number of hydrogen-bond acceptors (Lipinski definition) is 5. The summed E-state index contributed by atoms with van der Waals surface area (Å²) in [5.74, 6) is 0.430. The minimum absolute atomic E-state index is 0.143. The zero-order valence-corrected chi connectivity index (χ0v) is 16.0. The van der Waals surface area contributed by atoms with Gasteiger partial charge in [-0.3, -0.25) is 14.2 Å². The summed E-state index contributed by atoms with van der Waals surface area (Å²) in [7, 11) is 0. The average molecular weight is 377 g/mol. The predicted molar refractivity (Wildman–Crippen MR) is 102 cm³/mol. The van der Waals surface area contributed by atoms with Gasteiger partial charge in [-0.15, -0.1) is 16.4 Å². The summed E-state index contributed by atoms with van der Waals surface area (Å²) >= 11 is 1.31. The lowest BCUT2D eigenvalue weighted by atomic mass is 10.1. The number of fused-ring (bicyclic) bond motifs is 3. The van der Waals surface area contributed by atoms with Crippen LogP contribution in [0.25, 0.3) is 16.0 Å². The molecule has 0 aliphatic rings. The normalized spacial score (nSPS) is 11.7. The summed E-state index contributed by atoms with van der Waals surface area (Å²) < 4.78 is 4.63. The minimum atomic E-state index is -0.409. The lowest BCUT2D eigenvalue weighted by Gasteiger charge is -2.09. The van der Waals surface area contributed by atoms with Gasteiger partial charge >= 0.3 is 5.69 Å². The molecule has 0 aliphatic heterocycles. The molecule has 1 N–H and O–H groups in total. The quantitative estimate of drug-likeness (QED) is 0.675. The molecule has 0 radical (unpaired) electrons. The van der Waals surface area contributed by atoms with E-state index in [1.54, 1.807) is 16.0 Å². The Hall–Kier alpha value is -2.42. The van der Waals surface area contributed by atoms with Crippen LogP contribution in [0, 0.1) is 5.92 Å². The van der Waals surface area contributed by atoms with E-state index in [9.17, 15) is 14.4 Å². The van der Waals surface area contributed by atoms with E-state index in [0.717, 1.165) is 17.5 Å². The Morgan fingerprint density at radius 3 is 2.81 bits per heavy atom. The molecule has 8 nitrogen and oxygen atoms in total. The van der Waals surface area contributed by atoms with Gasteiger partial charge in [0.2, 0.25) is 11.7 Å². The van der Waals surface area contributed by atoms with Crippen molar-refractivity contribution in [2.45, 2.75) is 46.7 Å². The molecule has 0 aliphatic carbocycles. The number of thiophene rings is 1. The molecule has 26 heavy (non-hydrogen) atoms. The Balaban J connectivity index is 2.15. The van der Waals surface area contributed by atoms with E-state index in [0.29, 0.717) is 29.2 Å². The van der Waals surface area contributed by atoms with Crippen LogP contribution in [0.5, 0.6) is 0 Å². The van der Waals surface area contributed by atoms with Crippen molar-refractivity contribution in [3.8, 4) is 0 Å². The monoisotopic (exact) mass is 377 g/mol. The molecule has 0 saturated heterocycles. The highest BCUT2D eigenvalue weighted by atomic mass is 32.1. The molecule has 0 spiro atoms. The molecule has 3 aromatic rings. The van der Waals surface area contributed by atoms with Gasteiger partial charge in [0, 0.05) is 13.1 Å². The maximum Gasteiger partial charge on any atom is 0.352 e. The lowest BCUT2D eigenvalue weighted by Crippen LogP contribution is -2.33. The zero-order valence-electron chi connectivity index (χ0n) is 15.2. The maximum atomic E-state index is 12.8. The topological polar surface area (TPSA) is 90.4 Å². The van der Waals surface area contributed by atoms with E-state index in [4.69, 9.17) is 0 Å². The number of aromatic nitrogens is 4. The molecular weight excluding hydrogens is 354 g/mol. The molecule has 0 aromatic carbocycles. The lowest BCUT2D eigenvalue weighted by molar-refractivity contribution is -0.121. The molecule has 0 atom stereocenters. The number of aryl methyl sites for hydroxylation is 1. The fraction of sp³-hybridized carbons (Fsp3) is 0.529. The second kappa shape index (κ2) is 7.45. The van der Waals surface area contributed by atoms with Crippen LogP contribution in [0.15, 0.2) is 21.0 Å². The highest BCUT2D eigenvalue weighted by molar-refractivity contribution is 7.17. The predicted octanol–water partition coefficient (Wildman–Crippen LogP) is 1.44. The van der Waals surface area contributed by atoms with Crippen molar-refractivity contribution >= 4 is 33.2 Å². The Labute approximate surface area is 154 Å². The summed E-state index contributed by atoms with van der Waals surface area (Å²) in [5.41, 5.74) is -0.00917. The van der Waals surface area contributed by atoms with Crippen LogP contribution in [-0.4, -0.2) is 31.2 Å². The SMILES string of the molecule is CCCNC(=O)Cn1nc2n(CCC(C)C)c(=O)c3sccc3n2c1=O. The zero-order chi connectivity index (χ0) is 18.8. The fourth-order valence-corrected chi connectivity index (χ4v) is 3.61. The third kappa shape index (κ3) is 3.31. The van der Waals surface area contributed by atoms with Gasteiger partial charge in [-0.25, -0.2) is 13.9 Å². The van der Waals surface area contributed by atoms with E-state index in [1.165, 1.54) is 15.7 Å². The number of carbonyl (C=O) groups is 1. The molecule has 0 fully saturated rings. The van der Waals surface area contributed by atoms with Crippen molar-refractivity contribution < 1.29 is 4.79 Å². The summed E-state index contributed by atoms with van der Waals surface area (Å²) in [6.45, 7) is 6.98. The smallest absolute Gasteiger partial charge is 0.352 e. The van der Waals surface area contributed by atoms with Crippen LogP contribution in [-0.2, 0) is 17.9 Å². The van der Waals surface area contributed by atoms with Gasteiger partial charge in [0.15, 0.2) is 0 Å². The maximum absolute atomic E-state index is 12.8.